The third kappa shape index (κ3) is 2.44. The fourth-order valence-electron chi connectivity index (χ4n) is 1.10. The summed E-state index contributed by atoms with van der Waals surface area (Å²) in [4.78, 5) is 0. The molecule has 0 spiro atoms. The van der Waals surface area contributed by atoms with Crippen molar-refractivity contribution in [2.45, 2.75) is 45.0 Å². The highest BCUT2D eigenvalue weighted by Crippen LogP contribution is 2.22. The second kappa shape index (κ2) is 4.80. The van der Waals surface area contributed by atoms with Crippen molar-refractivity contribution in [1.82, 2.24) is 0 Å². The summed E-state index contributed by atoms with van der Waals surface area (Å²) in [6.07, 6.45) is -0.0225. The van der Waals surface area contributed by atoms with Gasteiger partial charge in [-0.25, -0.2) is 0 Å². The highest BCUT2D eigenvalue weighted by molar-refractivity contribution is 4.86. The quantitative estimate of drug-likeness (QED) is 0.684. The molecule has 3 atom stereocenters. The van der Waals surface area contributed by atoms with E-state index in [-0.39, 0.29) is 6.10 Å². The molecular formula is C9H20O3. The number of hydrogen-bond acceptors (Lipinski definition) is 3. The Morgan fingerprint density at radius 3 is 2.17 bits per heavy atom. The van der Waals surface area contributed by atoms with Crippen molar-refractivity contribution in [3.05, 3.63) is 0 Å². The zero-order valence-electron chi connectivity index (χ0n) is 8.63. The first-order valence-electron chi connectivity index (χ1n) is 4.27. The number of aliphatic hydroxyl groups excluding tert-OH is 1. The first-order chi connectivity index (χ1) is 5.51. The molecular weight excluding hydrogens is 156 g/mol. The number of aliphatic hydroxyl groups is 1. The van der Waals surface area contributed by atoms with E-state index in [9.17, 15) is 5.11 Å². The van der Waals surface area contributed by atoms with Gasteiger partial charge in [0.25, 0.3) is 0 Å². The lowest BCUT2D eigenvalue weighted by atomic mass is 9.92. The number of hydrogen-bond donors (Lipinski definition) is 1. The zero-order chi connectivity index (χ0) is 9.78. The summed E-state index contributed by atoms with van der Waals surface area (Å²) in [5.41, 5.74) is -0.505. The molecule has 74 valence electrons. The lowest BCUT2D eigenvalue weighted by Crippen LogP contribution is -2.47. The fourth-order valence-corrected chi connectivity index (χ4v) is 1.10. The largest absolute Gasteiger partial charge is 0.387 e. The number of rotatable bonds is 5. The molecule has 3 heteroatoms. The summed E-state index contributed by atoms with van der Waals surface area (Å²) in [6, 6.07) is 0. The van der Waals surface area contributed by atoms with Crippen LogP contribution in [0.15, 0.2) is 0 Å². The number of methoxy groups -OCH3 is 2. The van der Waals surface area contributed by atoms with Gasteiger partial charge in [-0.1, -0.05) is 6.92 Å². The van der Waals surface area contributed by atoms with Crippen LogP contribution in [0.1, 0.15) is 27.2 Å². The van der Waals surface area contributed by atoms with E-state index >= 15 is 0 Å². The molecule has 0 aromatic rings. The van der Waals surface area contributed by atoms with Gasteiger partial charge < -0.3 is 14.6 Å². The van der Waals surface area contributed by atoms with Crippen LogP contribution in [0, 0.1) is 0 Å². The van der Waals surface area contributed by atoms with Crippen LogP contribution in [0.5, 0.6) is 0 Å². The minimum absolute atomic E-state index is 0.199. The van der Waals surface area contributed by atoms with E-state index in [1.54, 1.807) is 14.2 Å². The first-order valence-corrected chi connectivity index (χ1v) is 4.27. The van der Waals surface area contributed by atoms with Gasteiger partial charge in [0, 0.05) is 14.2 Å². The first kappa shape index (κ1) is 11.9. The molecule has 3 nitrogen and oxygen atoms in total. The average molecular weight is 176 g/mol. The van der Waals surface area contributed by atoms with Gasteiger partial charge in [0.2, 0.25) is 0 Å². The maximum atomic E-state index is 9.79. The Labute approximate surface area is 74.7 Å². The SMILES string of the molecule is CCC(C)(OC)C(O)C(C)OC. The molecule has 0 rings (SSSR count). The number of ether oxygens (including phenoxy) is 2. The smallest absolute Gasteiger partial charge is 0.108 e. The normalized spacial score (nSPS) is 21.5. The Morgan fingerprint density at radius 1 is 1.42 bits per heavy atom. The monoisotopic (exact) mass is 176 g/mol. The minimum atomic E-state index is -0.586. The Kier molecular flexibility index (Phi) is 4.75. The molecule has 0 amide bonds. The third-order valence-corrected chi connectivity index (χ3v) is 2.61. The summed E-state index contributed by atoms with van der Waals surface area (Å²) in [6.45, 7) is 5.69. The van der Waals surface area contributed by atoms with Crippen molar-refractivity contribution in [2.24, 2.45) is 0 Å². The van der Waals surface area contributed by atoms with Crippen LogP contribution in [0.2, 0.25) is 0 Å². The second-order valence-corrected chi connectivity index (χ2v) is 3.26. The van der Waals surface area contributed by atoms with Crippen LogP contribution >= 0.6 is 0 Å². The van der Waals surface area contributed by atoms with Crippen molar-refractivity contribution in [3.63, 3.8) is 0 Å². The Hall–Kier alpha value is -0.120. The molecule has 3 unspecified atom stereocenters. The van der Waals surface area contributed by atoms with Gasteiger partial charge in [0.15, 0.2) is 0 Å². The summed E-state index contributed by atoms with van der Waals surface area (Å²) >= 11 is 0. The predicted octanol–water partition coefficient (Wildman–Crippen LogP) is 1.20. The zero-order valence-corrected chi connectivity index (χ0v) is 8.63. The van der Waals surface area contributed by atoms with Crippen LogP contribution in [0.3, 0.4) is 0 Å². The lowest BCUT2D eigenvalue weighted by molar-refractivity contribution is -0.139. The summed E-state index contributed by atoms with van der Waals surface area (Å²) in [5.74, 6) is 0. The van der Waals surface area contributed by atoms with E-state index in [4.69, 9.17) is 9.47 Å². The third-order valence-electron chi connectivity index (χ3n) is 2.61. The van der Waals surface area contributed by atoms with Crippen LogP contribution in [-0.2, 0) is 9.47 Å². The van der Waals surface area contributed by atoms with Gasteiger partial charge in [0.1, 0.15) is 6.10 Å². The summed E-state index contributed by atoms with van der Waals surface area (Å²) in [7, 11) is 3.19. The van der Waals surface area contributed by atoms with Crippen molar-refractivity contribution in [3.8, 4) is 0 Å². The molecule has 0 aliphatic carbocycles. The van der Waals surface area contributed by atoms with E-state index in [0.29, 0.717) is 0 Å². The van der Waals surface area contributed by atoms with Crippen LogP contribution in [-0.4, -0.2) is 37.1 Å². The highest BCUT2D eigenvalue weighted by atomic mass is 16.5. The molecule has 1 N–H and O–H groups in total. The molecule has 12 heavy (non-hydrogen) atoms. The predicted molar refractivity (Wildman–Crippen MR) is 48.2 cm³/mol. The molecule has 0 aliphatic heterocycles. The van der Waals surface area contributed by atoms with Crippen LogP contribution in [0.25, 0.3) is 0 Å². The van der Waals surface area contributed by atoms with Crippen molar-refractivity contribution < 1.29 is 14.6 Å². The topological polar surface area (TPSA) is 38.7 Å². The molecule has 0 saturated heterocycles. The van der Waals surface area contributed by atoms with E-state index in [1.807, 2.05) is 20.8 Å². The van der Waals surface area contributed by atoms with Gasteiger partial charge in [-0.2, -0.15) is 0 Å². The Morgan fingerprint density at radius 2 is 1.92 bits per heavy atom. The molecule has 0 saturated carbocycles. The summed E-state index contributed by atoms with van der Waals surface area (Å²) < 4.78 is 10.3. The van der Waals surface area contributed by atoms with Gasteiger partial charge in [-0.3, -0.25) is 0 Å². The van der Waals surface area contributed by atoms with Crippen LogP contribution in [0.4, 0.5) is 0 Å². The molecule has 0 aliphatic rings. The molecule has 0 bridgehead atoms. The van der Waals surface area contributed by atoms with Crippen molar-refractivity contribution in [2.75, 3.05) is 14.2 Å². The highest BCUT2D eigenvalue weighted by Gasteiger charge is 2.34. The van der Waals surface area contributed by atoms with Gasteiger partial charge in [-0.15, -0.1) is 0 Å². The fraction of sp³-hybridized carbons (Fsp3) is 1.00. The van der Waals surface area contributed by atoms with Gasteiger partial charge in [-0.05, 0) is 20.3 Å². The van der Waals surface area contributed by atoms with Crippen LogP contribution < -0.4 is 0 Å². The van der Waals surface area contributed by atoms with Crippen molar-refractivity contribution >= 4 is 0 Å². The molecule has 0 heterocycles. The maximum Gasteiger partial charge on any atom is 0.108 e. The minimum Gasteiger partial charge on any atom is -0.387 e. The Bertz CT molecular complexity index is 121. The second-order valence-electron chi connectivity index (χ2n) is 3.26. The van der Waals surface area contributed by atoms with Crippen molar-refractivity contribution in [1.29, 1.82) is 0 Å². The molecule has 0 radical (unpaired) electrons. The lowest BCUT2D eigenvalue weighted by Gasteiger charge is -2.34. The molecule has 0 fully saturated rings. The van der Waals surface area contributed by atoms with Gasteiger partial charge in [0.05, 0.1) is 11.7 Å². The maximum absolute atomic E-state index is 9.79. The molecule has 0 aromatic heterocycles. The van der Waals surface area contributed by atoms with E-state index < -0.39 is 11.7 Å². The Balaban J connectivity index is 4.29. The van der Waals surface area contributed by atoms with Gasteiger partial charge >= 0.3 is 0 Å². The van der Waals surface area contributed by atoms with E-state index in [1.165, 1.54) is 0 Å². The van der Waals surface area contributed by atoms with E-state index in [0.717, 1.165) is 6.42 Å². The standard InChI is InChI=1S/C9H20O3/c1-6-9(3,12-5)8(10)7(2)11-4/h7-8,10H,6H2,1-5H3. The average Bonchev–Trinajstić information content (AvgIpc) is 2.14. The molecule has 0 aromatic carbocycles. The summed E-state index contributed by atoms with van der Waals surface area (Å²) in [5, 5.41) is 9.79. The van der Waals surface area contributed by atoms with E-state index in [2.05, 4.69) is 0 Å².